The van der Waals surface area contributed by atoms with Crippen LogP contribution < -0.4 is 17.2 Å². The number of nitrogens with one attached hydrogen (secondary N) is 1. The first kappa shape index (κ1) is 24.0. The van der Waals surface area contributed by atoms with Crippen molar-refractivity contribution < 1.29 is 4.79 Å². The molecule has 7 N–H and O–H groups in total. The normalized spacial score (nSPS) is 12.5. The van der Waals surface area contributed by atoms with Crippen LogP contribution >= 0.6 is 12.2 Å². The van der Waals surface area contributed by atoms with E-state index in [1.165, 1.54) is 6.08 Å². The summed E-state index contributed by atoms with van der Waals surface area (Å²) in [6.45, 7) is 11.0. The molecule has 0 atom stereocenters. The SMILES string of the molecule is C=C(/C=C(N)\C(C=N)=C(/C)c1nc(C(=S)/C=C(/C)N)cn1C)C(N)=O.CC. The van der Waals surface area contributed by atoms with E-state index in [4.69, 9.17) is 34.8 Å². The molecule has 1 amide bonds. The van der Waals surface area contributed by atoms with Crippen molar-refractivity contribution in [3.8, 4) is 0 Å². The zero-order chi connectivity index (χ0) is 21.3. The van der Waals surface area contributed by atoms with Crippen LogP contribution in [-0.4, -0.2) is 26.5 Å². The second kappa shape index (κ2) is 10.9. The molecule has 0 aromatic carbocycles. The van der Waals surface area contributed by atoms with Crippen LogP contribution in [0.3, 0.4) is 0 Å². The lowest BCUT2D eigenvalue weighted by molar-refractivity contribution is -0.114. The number of rotatable bonds is 7. The van der Waals surface area contributed by atoms with E-state index in [1.807, 2.05) is 13.8 Å². The number of carbonyl (C=O) groups excluding carboxylic acids is 1. The van der Waals surface area contributed by atoms with Gasteiger partial charge in [-0.05, 0) is 26.0 Å². The standard InChI is InChI=1S/C17H22N6OS.C2H6/c1-9(16(21)24)5-13(20)12(7-18)11(3)17-22-14(8-23(17)4)15(25)6-10(2)19;1-2/h5-8,18H,1,19-20H2,2-4H3,(H2,21,24);1-2H3/b10-6-,12-11+,13-5+,18-7?;. The lowest BCUT2D eigenvalue weighted by Crippen LogP contribution is -2.14. The van der Waals surface area contributed by atoms with Gasteiger partial charge in [-0.25, -0.2) is 4.98 Å². The molecule has 0 radical (unpaired) electrons. The van der Waals surface area contributed by atoms with Crippen LogP contribution in [0.5, 0.6) is 0 Å². The van der Waals surface area contributed by atoms with Crippen molar-refractivity contribution in [3.05, 3.63) is 59.0 Å². The largest absolute Gasteiger partial charge is 0.402 e. The molecular formula is C19H28N6OS. The Bertz CT molecular complexity index is 838. The summed E-state index contributed by atoms with van der Waals surface area (Å²) in [7, 11) is 1.81. The molecule has 0 bridgehead atoms. The van der Waals surface area contributed by atoms with E-state index >= 15 is 0 Å². The fourth-order valence-electron chi connectivity index (χ4n) is 2.08. The summed E-state index contributed by atoms with van der Waals surface area (Å²) >= 11 is 5.30. The molecule has 0 aliphatic rings. The van der Waals surface area contributed by atoms with Crippen molar-refractivity contribution in [1.82, 2.24) is 9.55 Å². The fraction of sp³-hybridized carbons (Fsp3) is 0.263. The smallest absolute Gasteiger partial charge is 0.248 e. The summed E-state index contributed by atoms with van der Waals surface area (Å²) in [5, 5.41) is 7.64. The minimum Gasteiger partial charge on any atom is -0.402 e. The van der Waals surface area contributed by atoms with Gasteiger partial charge in [0.05, 0.1) is 10.6 Å². The molecule has 0 fully saturated rings. The van der Waals surface area contributed by atoms with Crippen molar-refractivity contribution in [1.29, 1.82) is 5.41 Å². The summed E-state index contributed by atoms with van der Waals surface area (Å²) < 4.78 is 1.77. The van der Waals surface area contributed by atoms with Gasteiger partial charge in [0.15, 0.2) is 0 Å². The number of allylic oxidation sites excluding steroid dienone is 4. The van der Waals surface area contributed by atoms with Gasteiger partial charge in [-0.15, -0.1) is 0 Å². The van der Waals surface area contributed by atoms with E-state index in [2.05, 4.69) is 11.6 Å². The highest BCUT2D eigenvalue weighted by Crippen LogP contribution is 2.21. The monoisotopic (exact) mass is 388 g/mol. The Hall–Kier alpha value is -3.00. The molecule has 0 saturated carbocycles. The number of hydrogen-bond donors (Lipinski definition) is 4. The third kappa shape index (κ3) is 6.67. The number of carbonyl (C=O) groups is 1. The minimum absolute atomic E-state index is 0.0508. The van der Waals surface area contributed by atoms with E-state index in [-0.39, 0.29) is 11.3 Å². The molecule has 146 valence electrons. The third-order valence-electron chi connectivity index (χ3n) is 3.33. The van der Waals surface area contributed by atoms with E-state index in [0.29, 0.717) is 33.2 Å². The first-order chi connectivity index (χ1) is 12.6. The number of amides is 1. The van der Waals surface area contributed by atoms with Gasteiger partial charge in [0.1, 0.15) is 5.82 Å². The maximum Gasteiger partial charge on any atom is 0.248 e. The number of nitrogens with two attached hydrogens (primary N) is 3. The van der Waals surface area contributed by atoms with Crippen LogP contribution in [0.2, 0.25) is 0 Å². The molecule has 27 heavy (non-hydrogen) atoms. The van der Waals surface area contributed by atoms with Gasteiger partial charge in [0, 0.05) is 47.6 Å². The highest BCUT2D eigenvalue weighted by molar-refractivity contribution is 7.81. The van der Waals surface area contributed by atoms with Gasteiger partial charge < -0.3 is 27.2 Å². The third-order valence-corrected chi connectivity index (χ3v) is 3.66. The van der Waals surface area contributed by atoms with Gasteiger partial charge in [-0.1, -0.05) is 32.6 Å². The highest BCUT2D eigenvalue weighted by atomic mass is 32.1. The van der Waals surface area contributed by atoms with Gasteiger partial charge >= 0.3 is 0 Å². The maximum atomic E-state index is 11.1. The average molecular weight is 389 g/mol. The van der Waals surface area contributed by atoms with Gasteiger partial charge in [-0.2, -0.15) is 0 Å². The van der Waals surface area contributed by atoms with Crippen LogP contribution in [-0.2, 0) is 11.8 Å². The van der Waals surface area contributed by atoms with Crippen molar-refractivity contribution in [2.75, 3.05) is 0 Å². The number of primary amides is 1. The molecule has 1 heterocycles. The first-order valence-corrected chi connectivity index (χ1v) is 8.68. The van der Waals surface area contributed by atoms with Crippen molar-refractivity contribution in [3.63, 3.8) is 0 Å². The van der Waals surface area contributed by atoms with E-state index in [1.54, 1.807) is 37.7 Å². The van der Waals surface area contributed by atoms with E-state index in [9.17, 15) is 4.79 Å². The molecule has 0 aliphatic carbocycles. The molecule has 0 unspecified atom stereocenters. The fourth-order valence-corrected chi connectivity index (χ4v) is 2.36. The average Bonchev–Trinajstić information content (AvgIpc) is 2.98. The topological polar surface area (TPSA) is 137 Å². The van der Waals surface area contributed by atoms with Crippen molar-refractivity contribution >= 4 is 34.8 Å². The Morgan fingerprint density at radius 3 is 2.26 bits per heavy atom. The summed E-state index contributed by atoms with van der Waals surface area (Å²) in [5.74, 6) is -0.0986. The molecule has 0 saturated heterocycles. The number of nitrogens with zero attached hydrogens (tertiary/aromatic N) is 2. The van der Waals surface area contributed by atoms with Crippen LogP contribution in [0.15, 0.2) is 47.5 Å². The highest BCUT2D eigenvalue weighted by Gasteiger charge is 2.14. The predicted octanol–water partition coefficient (Wildman–Crippen LogP) is 2.33. The number of aromatic nitrogens is 2. The van der Waals surface area contributed by atoms with E-state index < -0.39 is 5.91 Å². The predicted molar refractivity (Wildman–Crippen MR) is 116 cm³/mol. The van der Waals surface area contributed by atoms with Crippen LogP contribution in [0.4, 0.5) is 0 Å². The lowest BCUT2D eigenvalue weighted by Gasteiger charge is -2.09. The zero-order valence-electron chi connectivity index (χ0n) is 16.5. The molecular weight excluding hydrogens is 360 g/mol. The quantitative estimate of drug-likeness (QED) is 0.187. The second-order valence-electron chi connectivity index (χ2n) is 5.49. The molecule has 1 aromatic rings. The van der Waals surface area contributed by atoms with Crippen LogP contribution in [0.25, 0.3) is 5.57 Å². The molecule has 1 aromatic heterocycles. The first-order valence-electron chi connectivity index (χ1n) is 8.27. The Morgan fingerprint density at radius 1 is 1.26 bits per heavy atom. The molecule has 8 heteroatoms. The summed E-state index contributed by atoms with van der Waals surface area (Å²) in [5.41, 5.74) is 19.2. The van der Waals surface area contributed by atoms with Gasteiger partial charge in [-0.3, -0.25) is 4.79 Å². The van der Waals surface area contributed by atoms with Crippen molar-refractivity contribution in [2.24, 2.45) is 24.2 Å². The maximum absolute atomic E-state index is 11.1. The summed E-state index contributed by atoms with van der Waals surface area (Å²) in [4.78, 5) is 16.1. The van der Waals surface area contributed by atoms with Gasteiger partial charge in [0.2, 0.25) is 5.91 Å². The van der Waals surface area contributed by atoms with Crippen LogP contribution in [0, 0.1) is 5.41 Å². The Balaban J connectivity index is 0.00000326. The second-order valence-corrected chi connectivity index (χ2v) is 5.93. The van der Waals surface area contributed by atoms with E-state index in [0.717, 1.165) is 6.21 Å². The molecule has 7 nitrogen and oxygen atoms in total. The number of aryl methyl sites for hydroxylation is 1. The number of imidazole rings is 1. The Morgan fingerprint density at radius 2 is 1.81 bits per heavy atom. The van der Waals surface area contributed by atoms with Crippen LogP contribution in [0.1, 0.15) is 39.2 Å². The molecule has 0 aliphatic heterocycles. The Labute approximate surface area is 165 Å². The number of thiocarbonyl (C=S) groups is 1. The molecule has 1 rings (SSSR count). The zero-order valence-corrected chi connectivity index (χ0v) is 17.3. The lowest BCUT2D eigenvalue weighted by atomic mass is 10.0. The summed E-state index contributed by atoms with van der Waals surface area (Å²) in [6, 6.07) is 0. The van der Waals surface area contributed by atoms with Crippen molar-refractivity contribution in [2.45, 2.75) is 27.7 Å². The molecule has 0 spiro atoms. The van der Waals surface area contributed by atoms with Gasteiger partial charge in [0.25, 0.3) is 0 Å². The number of hydrogen-bond acceptors (Lipinski definition) is 6. The Kier molecular flexibility index (Phi) is 9.66. The minimum atomic E-state index is -0.682. The summed E-state index contributed by atoms with van der Waals surface area (Å²) in [6.07, 6.45) is 5.85.